The van der Waals surface area contributed by atoms with Gasteiger partial charge in [-0.1, -0.05) is 56.0 Å². The van der Waals surface area contributed by atoms with Crippen molar-refractivity contribution in [1.82, 2.24) is 0 Å². The van der Waals surface area contributed by atoms with Crippen molar-refractivity contribution in [3.05, 3.63) is 35.9 Å². The second kappa shape index (κ2) is 10.1. The Balaban J connectivity index is 2.10. The third kappa shape index (κ3) is 6.48. The summed E-state index contributed by atoms with van der Waals surface area (Å²) in [5, 5.41) is 8.62. The van der Waals surface area contributed by atoms with Crippen molar-refractivity contribution >= 4 is 11.8 Å². The van der Waals surface area contributed by atoms with Crippen LogP contribution in [0.25, 0.3) is 0 Å². The fourth-order valence-electron chi connectivity index (χ4n) is 1.86. The van der Waals surface area contributed by atoms with Crippen LogP contribution < -0.4 is 0 Å². The normalized spacial score (nSPS) is 10.2. The lowest BCUT2D eigenvalue weighted by atomic mass is 10.1. The highest BCUT2D eigenvalue weighted by Crippen LogP contribution is 2.06. The van der Waals surface area contributed by atoms with Crippen LogP contribution in [0.3, 0.4) is 0 Å². The van der Waals surface area contributed by atoms with Crippen molar-refractivity contribution in [3.63, 3.8) is 0 Å². The Morgan fingerprint density at radius 3 is 2.15 bits per heavy atom. The van der Waals surface area contributed by atoms with Crippen LogP contribution >= 0.6 is 0 Å². The van der Waals surface area contributed by atoms with Crippen molar-refractivity contribution in [1.29, 1.82) is 0 Å². The summed E-state index contributed by atoms with van der Waals surface area (Å²) in [5.74, 6) is -1.37. The van der Waals surface area contributed by atoms with Gasteiger partial charge in [-0.2, -0.15) is 0 Å². The van der Waals surface area contributed by atoms with Gasteiger partial charge in [0.2, 0.25) is 0 Å². The molecule has 0 amide bonds. The fraction of sp³-hybridized carbons (Fsp3) is 0.500. The molecule has 1 rings (SSSR count). The molecule has 0 atom stereocenters. The number of carbonyl (C=O) groups excluding carboxylic acids is 2. The molecule has 0 saturated heterocycles. The molecule has 4 heteroatoms. The Morgan fingerprint density at radius 1 is 0.900 bits per heavy atom. The van der Waals surface area contributed by atoms with Gasteiger partial charge in [-0.05, 0) is 12.8 Å². The van der Waals surface area contributed by atoms with E-state index in [4.69, 9.17) is 9.84 Å². The zero-order chi connectivity index (χ0) is 14.6. The van der Waals surface area contributed by atoms with Crippen molar-refractivity contribution < 1.29 is 19.4 Å². The largest absolute Gasteiger partial charge is 0.460 e. The van der Waals surface area contributed by atoms with Gasteiger partial charge in [0.05, 0.1) is 6.61 Å². The van der Waals surface area contributed by atoms with Crippen LogP contribution in [0, 0.1) is 0 Å². The number of hydrogen-bond acceptors (Lipinski definition) is 4. The number of ketones is 1. The first-order valence-corrected chi connectivity index (χ1v) is 7.13. The van der Waals surface area contributed by atoms with Crippen LogP contribution in [0.15, 0.2) is 30.3 Å². The van der Waals surface area contributed by atoms with Crippen molar-refractivity contribution in [2.24, 2.45) is 0 Å². The predicted molar refractivity (Wildman–Crippen MR) is 76.5 cm³/mol. The number of Topliss-reactive ketones (excluding diaryl/α,β-unsaturated/α-hetero) is 1. The maximum atomic E-state index is 11.7. The SMILES string of the molecule is O=C(OCCCCCCCCO)C(=O)c1ccccc1. The number of rotatable bonds is 10. The smallest absolute Gasteiger partial charge is 0.379 e. The zero-order valence-electron chi connectivity index (χ0n) is 11.7. The average Bonchev–Trinajstić information content (AvgIpc) is 2.50. The van der Waals surface area contributed by atoms with Gasteiger partial charge >= 0.3 is 5.97 Å². The molecule has 0 aliphatic rings. The molecule has 1 N–H and O–H groups in total. The number of unbranched alkanes of at least 4 members (excludes halogenated alkanes) is 5. The van der Waals surface area contributed by atoms with Crippen LogP contribution in [-0.4, -0.2) is 30.1 Å². The number of hydrogen-bond donors (Lipinski definition) is 1. The topological polar surface area (TPSA) is 63.6 Å². The van der Waals surface area contributed by atoms with E-state index in [0.29, 0.717) is 5.56 Å². The van der Waals surface area contributed by atoms with E-state index in [2.05, 4.69) is 0 Å². The van der Waals surface area contributed by atoms with E-state index in [0.717, 1.165) is 38.5 Å². The van der Waals surface area contributed by atoms with Gasteiger partial charge < -0.3 is 9.84 Å². The molecular formula is C16H22O4. The Kier molecular flexibility index (Phi) is 8.31. The second-order valence-electron chi connectivity index (χ2n) is 4.68. The van der Waals surface area contributed by atoms with E-state index in [9.17, 15) is 9.59 Å². The minimum Gasteiger partial charge on any atom is -0.460 e. The first-order valence-electron chi connectivity index (χ1n) is 7.13. The maximum absolute atomic E-state index is 11.7. The van der Waals surface area contributed by atoms with Gasteiger partial charge in [-0.3, -0.25) is 4.79 Å². The molecule has 0 aromatic heterocycles. The molecule has 0 fully saturated rings. The van der Waals surface area contributed by atoms with Gasteiger partial charge in [0.15, 0.2) is 0 Å². The van der Waals surface area contributed by atoms with Crippen molar-refractivity contribution in [2.45, 2.75) is 38.5 Å². The minimum absolute atomic E-state index is 0.249. The summed E-state index contributed by atoms with van der Waals surface area (Å²) >= 11 is 0. The minimum atomic E-state index is -0.781. The molecule has 20 heavy (non-hydrogen) atoms. The van der Waals surface area contributed by atoms with Crippen LogP contribution in [0.1, 0.15) is 48.9 Å². The monoisotopic (exact) mass is 278 g/mol. The van der Waals surface area contributed by atoms with Gasteiger partial charge in [0, 0.05) is 12.2 Å². The van der Waals surface area contributed by atoms with Gasteiger partial charge in [0.25, 0.3) is 5.78 Å². The summed E-state index contributed by atoms with van der Waals surface area (Å²) in [5.41, 5.74) is 0.363. The average molecular weight is 278 g/mol. The summed E-state index contributed by atoms with van der Waals surface area (Å²) in [6.45, 7) is 0.538. The molecule has 0 aliphatic carbocycles. The second-order valence-corrected chi connectivity index (χ2v) is 4.68. The van der Waals surface area contributed by atoms with E-state index in [1.165, 1.54) is 0 Å². The molecule has 1 aromatic carbocycles. The number of aliphatic hydroxyl groups is 1. The molecule has 0 bridgehead atoms. The zero-order valence-corrected chi connectivity index (χ0v) is 11.7. The molecule has 0 radical (unpaired) electrons. The highest BCUT2D eigenvalue weighted by atomic mass is 16.5. The fourth-order valence-corrected chi connectivity index (χ4v) is 1.86. The third-order valence-corrected chi connectivity index (χ3v) is 3.01. The van der Waals surface area contributed by atoms with Crippen molar-refractivity contribution in [3.8, 4) is 0 Å². The lowest BCUT2D eigenvalue weighted by Gasteiger charge is -2.04. The molecule has 0 heterocycles. The quantitative estimate of drug-likeness (QED) is 0.309. The predicted octanol–water partition coefficient (Wildman–Crippen LogP) is 2.75. The van der Waals surface area contributed by atoms with Gasteiger partial charge in [-0.25, -0.2) is 4.79 Å². The molecule has 0 unspecified atom stereocenters. The molecule has 0 spiro atoms. The number of esters is 1. The summed E-state index contributed by atoms with van der Waals surface area (Å²) < 4.78 is 4.96. The number of ether oxygens (including phenoxy) is 1. The summed E-state index contributed by atoms with van der Waals surface area (Å²) in [7, 11) is 0. The van der Waals surface area contributed by atoms with E-state index >= 15 is 0 Å². The van der Waals surface area contributed by atoms with E-state index < -0.39 is 11.8 Å². The standard InChI is InChI=1S/C16H22O4/c17-12-8-3-1-2-4-9-13-20-16(19)15(18)14-10-6-5-7-11-14/h5-7,10-11,17H,1-4,8-9,12-13H2. The van der Waals surface area contributed by atoms with E-state index in [-0.39, 0.29) is 13.2 Å². The Labute approximate surface area is 119 Å². The van der Waals surface area contributed by atoms with Gasteiger partial charge in [0.1, 0.15) is 0 Å². The molecule has 0 aliphatic heterocycles. The van der Waals surface area contributed by atoms with Gasteiger partial charge in [-0.15, -0.1) is 0 Å². The molecule has 4 nitrogen and oxygen atoms in total. The Morgan fingerprint density at radius 2 is 1.50 bits per heavy atom. The van der Waals surface area contributed by atoms with Crippen LogP contribution in [0.5, 0.6) is 0 Å². The molecule has 110 valence electrons. The Hall–Kier alpha value is -1.68. The number of aliphatic hydroxyl groups excluding tert-OH is 1. The van der Waals surface area contributed by atoms with Crippen LogP contribution in [0.2, 0.25) is 0 Å². The third-order valence-electron chi connectivity index (χ3n) is 3.01. The molecular weight excluding hydrogens is 256 g/mol. The summed E-state index contributed by atoms with van der Waals surface area (Å²) in [4.78, 5) is 23.2. The highest BCUT2D eigenvalue weighted by Gasteiger charge is 2.16. The van der Waals surface area contributed by atoms with E-state index in [1.807, 2.05) is 0 Å². The Bertz CT molecular complexity index is 400. The number of carbonyl (C=O) groups is 2. The van der Waals surface area contributed by atoms with Crippen molar-refractivity contribution in [2.75, 3.05) is 13.2 Å². The van der Waals surface area contributed by atoms with Crippen LogP contribution in [-0.2, 0) is 9.53 Å². The first kappa shape index (κ1) is 16.4. The summed E-state index contributed by atoms with van der Waals surface area (Å²) in [6, 6.07) is 8.42. The lowest BCUT2D eigenvalue weighted by molar-refractivity contribution is -0.138. The summed E-state index contributed by atoms with van der Waals surface area (Å²) in [6.07, 6.45) is 5.76. The van der Waals surface area contributed by atoms with E-state index in [1.54, 1.807) is 30.3 Å². The number of benzene rings is 1. The molecule has 0 saturated carbocycles. The molecule has 1 aromatic rings. The maximum Gasteiger partial charge on any atom is 0.379 e. The van der Waals surface area contributed by atoms with Crippen LogP contribution in [0.4, 0.5) is 0 Å². The lowest BCUT2D eigenvalue weighted by Crippen LogP contribution is -2.18. The first-order chi connectivity index (χ1) is 9.75. The highest BCUT2D eigenvalue weighted by molar-refractivity contribution is 6.40.